The van der Waals surface area contributed by atoms with Crippen LogP contribution in [0.25, 0.3) is 0 Å². The number of nitrogens with two attached hydrogens (primary N) is 1. The van der Waals surface area contributed by atoms with E-state index in [4.69, 9.17) is 20.3 Å². The molecule has 0 bridgehead atoms. The smallest absolute Gasteiger partial charge is 0.303 e. The van der Waals surface area contributed by atoms with Gasteiger partial charge >= 0.3 is 5.97 Å². The summed E-state index contributed by atoms with van der Waals surface area (Å²) in [5.41, 5.74) is 6.81. The summed E-state index contributed by atoms with van der Waals surface area (Å²) in [6, 6.07) is 3.25. The Hall–Kier alpha value is -1.27. The van der Waals surface area contributed by atoms with Crippen molar-refractivity contribution in [2.75, 3.05) is 13.2 Å². The largest absolute Gasteiger partial charge is 0.486 e. The van der Waals surface area contributed by atoms with Gasteiger partial charge in [0, 0.05) is 22.5 Å². The van der Waals surface area contributed by atoms with Crippen LogP contribution in [0.3, 0.4) is 0 Å². The second-order valence-corrected chi connectivity index (χ2v) is 4.88. The van der Waals surface area contributed by atoms with Gasteiger partial charge in [0.25, 0.3) is 0 Å². The maximum absolute atomic E-state index is 10.6. The first kappa shape index (κ1) is 13.2. The van der Waals surface area contributed by atoms with Crippen molar-refractivity contribution in [3.63, 3.8) is 0 Å². The summed E-state index contributed by atoms with van der Waals surface area (Å²) in [5.74, 6) is 0.419. The molecule has 0 radical (unpaired) electrons. The summed E-state index contributed by atoms with van der Waals surface area (Å²) < 4.78 is 11.9. The number of benzene rings is 1. The van der Waals surface area contributed by atoms with Gasteiger partial charge in [0.05, 0.1) is 0 Å². The van der Waals surface area contributed by atoms with Crippen molar-refractivity contribution in [2.45, 2.75) is 18.9 Å². The molecule has 6 heteroatoms. The van der Waals surface area contributed by atoms with E-state index in [2.05, 4.69) is 15.9 Å². The Kier molecular flexibility index (Phi) is 4.08. The van der Waals surface area contributed by atoms with Gasteiger partial charge in [0.15, 0.2) is 11.5 Å². The molecule has 0 aromatic heterocycles. The summed E-state index contributed by atoms with van der Waals surface area (Å²) in [6.07, 6.45) is 0.381. The van der Waals surface area contributed by atoms with Gasteiger partial charge in [-0.1, -0.05) is 15.9 Å². The van der Waals surface area contributed by atoms with Crippen molar-refractivity contribution in [2.24, 2.45) is 5.73 Å². The topological polar surface area (TPSA) is 81.8 Å². The molecule has 98 valence electrons. The fourth-order valence-corrected chi connectivity index (χ4v) is 2.49. The highest BCUT2D eigenvalue weighted by molar-refractivity contribution is 9.10. The molecule has 1 aliphatic rings. The second-order valence-electron chi connectivity index (χ2n) is 4.02. The average molecular weight is 316 g/mol. The summed E-state index contributed by atoms with van der Waals surface area (Å²) in [7, 11) is 0. The van der Waals surface area contributed by atoms with Gasteiger partial charge in [0.2, 0.25) is 0 Å². The molecule has 1 heterocycles. The molecule has 1 aromatic carbocycles. The number of carboxylic acids is 1. The van der Waals surface area contributed by atoms with Crippen LogP contribution in [-0.2, 0) is 4.79 Å². The van der Waals surface area contributed by atoms with Crippen molar-refractivity contribution < 1.29 is 19.4 Å². The average Bonchev–Trinajstić information content (AvgIpc) is 2.36. The first-order chi connectivity index (χ1) is 8.59. The van der Waals surface area contributed by atoms with Crippen LogP contribution in [0.5, 0.6) is 11.5 Å². The molecule has 1 aliphatic heterocycles. The summed E-state index contributed by atoms with van der Waals surface area (Å²) in [6.45, 7) is 0.987. The van der Waals surface area contributed by atoms with Crippen LogP contribution >= 0.6 is 15.9 Å². The SMILES string of the molecule is NC(CCC(=O)O)c1c(Br)ccc2c1OCCO2. The highest BCUT2D eigenvalue weighted by atomic mass is 79.9. The van der Waals surface area contributed by atoms with Crippen molar-refractivity contribution in [1.29, 1.82) is 0 Å². The second kappa shape index (κ2) is 5.58. The number of rotatable bonds is 4. The van der Waals surface area contributed by atoms with E-state index in [9.17, 15) is 4.79 Å². The van der Waals surface area contributed by atoms with Gasteiger partial charge in [-0.25, -0.2) is 0 Å². The molecule has 0 fully saturated rings. The van der Waals surface area contributed by atoms with Crippen LogP contribution in [0, 0.1) is 0 Å². The molecular formula is C12H14BrNO4. The molecule has 5 nitrogen and oxygen atoms in total. The molecule has 0 amide bonds. The van der Waals surface area contributed by atoms with Crippen LogP contribution in [0.1, 0.15) is 24.4 Å². The molecule has 3 N–H and O–H groups in total. The van der Waals surface area contributed by atoms with Crippen LogP contribution in [0.15, 0.2) is 16.6 Å². The van der Waals surface area contributed by atoms with Gasteiger partial charge in [0.1, 0.15) is 13.2 Å². The number of carbonyl (C=O) groups is 1. The fraction of sp³-hybridized carbons (Fsp3) is 0.417. The number of fused-ring (bicyclic) bond motifs is 1. The third-order valence-corrected chi connectivity index (χ3v) is 3.43. The Labute approximate surface area is 113 Å². The Bertz CT molecular complexity index is 464. The van der Waals surface area contributed by atoms with Gasteiger partial charge in [-0.15, -0.1) is 0 Å². The zero-order chi connectivity index (χ0) is 13.1. The highest BCUT2D eigenvalue weighted by Gasteiger charge is 2.23. The highest BCUT2D eigenvalue weighted by Crippen LogP contribution is 2.41. The molecule has 18 heavy (non-hydrogen) atoms. The minimum Gasteiger partial charge on any atom is -0.486 e. The van der Waals surface area contributed by atoms with Crippen LogP contribution < -0.4 is 15.2 Å². The molecule has 0 spiro atoms. The zero-order valence-electron chi connectivity index (χ0n) is 9.69. The molecular weight excluding hydrogens is 302 g/mol. The van der Waals surface area contributed by atoms with E-state index in [0.29, 0.717) is 31.1 Å². The molecule has 0 saturated heterocycles. The molecule has 1 aromatic rings. The number of carboxylic acid groups (broad SMARTS) is 1. The Morgan fingerprint density at radius 1 is 1.44 bits per heavy atom. The van der Waals surface area contributed by atoms with E-state index in [1.165, 1.54) is 0 Å². The lowest BCUT2D eigenvalue weighted by Crippen LogP contribution is -2.20. The zero-order valence-corrected chi connectivity index (χ0v) is 11.3. The number of hydrogen-bond acceptors (Lipinski definition) is 4. The Balaban J connectivity index is 2.27. The molecule has 2 rings (SSSR count). The van der Waals surface area contributed by atoms with Gasteiger partial charge in [-0.05, 0) is 18.6 Å². The predicted molar refractivity (Wildman–Crippen MR) is 68.9 cm³/mol. The maximum atomic E-state index is 10.6. The summed E-state index contributed by atoms with van der Waals surface area (Å²) in [4.78, 5) is 10.6. The minimum absolute atomic E-state index is 0.0259. The fourth-order valence-electron chi connectivity index (χ4n) is 1.88. The third kappa shape index (κ3) is 2.76. The van der Waals surface area contributed by atoms with E-state index >= 15 is 0 Å². The van der Waals surface area contributed by atoms with Crippen LogP contribution in [-0.4, -0.2) is 24.3 Å². The predicted octanol–water partition coefficient (Wildman–Crippen LogP) is 2.08. The maximum Gasteiger partial charge on any atom is 0.303 e. The quantitative estimate of drug-likeness (QED) is 0.889. The lowest BCUT2D eigenvalue weighted by molar-refractivity contribution is -0.137. The van der Waals surface area contributed by atoms with Crippen LogP contribution in [0.4, 0.5) is 0 Å². The normalized spacial score (nSPS) is 15.2. The van der Waals surface area contributed by atoms with Gasteiger partial charge in [-0.3, -0.25) is 4.79 Å². The lowest BCUT2D eigenvalue weighted by Gasteiger charge is -2.24. The van der Waals surface area contributed by atoms with Crippen molar-refractivity contribution in [3.05, 3.63) is 22.2 Å². The third-order valence-electron chi connectivity index (χ3n) is 2.73. The lowest BCUT2D eigenvalue weighted by atomic mass is 10.0. The molecule has 0 aliphatic carbocycles. The van der Waals surface area contributed by atoms with E-state index < -0.39 is 12.0 Å². The molecule has 1 atom stereocenters. The van der Waals surface area contributed by atoms with Gasteiger partial charge in [-0.2, -0.15) is 0 Å². The van der Waals surface area contributed by atoms with Gasteiger partial charge < -0.3 is 20.3 Å². The van der Waals surface area contributed by atoms with E-state index in [-0.39, 0.29) is 6.42 Å². The number of ether oxygens (including phenoxy) is 2. The van der Waals surface area contributed by atoms with Crippen LogP contribution in [0.2, 0.25) is 0 Å². The molecule has 0 saturated carbocycles. The van der Waals surface area contributed by atoms with Crippen molar-refractivity contribution in [3.8, 4) is 11.5 Å². The number of aliphatic carboxylic acids is 1. The standard InChI is InChI=1S/C12H14BrNO4/c13-7-1-3-9-12(18-6-5-17-9)11(7)8(14)2-4-10(15)16/h1,3,8H,2,4-6,14H2,(H,15,16). The van der Waals surface area contributed by atoms with E-state index in [1.807, 2.05) is 12.1 Å². The minimum atomic E-state index is -0.858. The monoisotopic (exact) mass is 315 g/mol. The number of halogens is 1. The first-order valence-corrected chi connectivity index (χ1v) is 6.44. The van der Waals surface area contributed by atoms with Crippen molar-refractivity contribution >= 4 is 21.9 Å². The first-order valence-electron chi connectivity index (χ1n) is 5.65. The summed E-state index contributed by atoms with van der Waals surface area (Å²) >= 11 is 3.42. The van der Waals surface area contributed by atoms with E-state index in [1.54, 1.807) is 0 Å². The Morgan fingerprint density at radius 3 is 2.89 bits per heavy atom. The van der Waals surface area contributed by atoms with Crippen molar-refractivity contribution in [1.82, 2.24) is 0 Å². The summed E-state index contributed by atoms with van der Waals surface area (Å²) in [5, 5.41) is 8.69. The Morgan fingerprint density at radius 2 is 2.17 bits per heavy atom. The number of hydrogen-bond donors (Lipinski definition) is 2. The molecule has 1 unspecified atom stereocenters. The van der Waals surface area contributed by atoms with E-state index in [0.717, 1.165) is 10.0 Å².